The molecule has 184 valence electrons. The minimum atomic E-state index is -0.157. The molecule has 3 aromatic rings. The quantitative estimate of drug-likeness (QED) is 0.409. The standard InChI is InChI=1S/C27H30N2O6/c1-3-31-26(30)11-14-29-13-5-6-20-22(29)7-4-8-23(20)32-15-12-21-18(2)35-27(28-21)19-9-10-24-25(16-19)34-17-33-24/h4,7-10,16H,3,5-6,11-15,17H2,1-2H3. The van der Waals surface area contributed by atoms with Gasteiger partial charge in [0.05, 0.1) is 25.3 Å². The Bertz CT molecular complexity index is 1200. The molecule has 0 amide bonds. The lowest BCUT2D eigenvalue weighted by Gasteiger charge is -2.32. The number of ether oxygens (including phenoxy) is 4. The van der Waals surface area contributed by atoms with E-state index in [9.17, 15) is 4.79 Å². The summed E-state index contributed by atoms with van der Waals surface area (Å²) in [4.78, 5) is 18.8. The number of esters is 1. The van der Waals surface area contributed by atoms with Crippen molar-refractivity contribution in [1.29, 1.82) is 0 Å². The van der Waals surface area contributed by atoms with Crippen LogP contribution in [0.15, 0.2) is 40.8 Å². The second-order valence-corrected chi connectivity index (χ2v) is 8.59. The van der Waals surface area contributed by atoms with Crippen LogP contribution in [-0.2, 0) is 22.4 Å². The van der Waals surface area contributed by atoms with Crippen LogP contribution in [0.2, 0.25) is 0 Å². The Hall–Kier alpha value is -3.68. The molecule has 0 radical (unpaired) electrons. The molecule has 0 saturated carbocycles. The first-order chi connectivity index (χ1) is 17.1. The second-order valence-electron chi connectivity index (χ2n) is 8.59. The van der Waals surface area contributed by atoms with E-state index in [1.54, 1.807) is 0 Å². The first-order valence-electron chi connectivity index (χ1n) is 12.1. The number of nitrogens with zero attached hydrogens (tertiary/aromatic N) is 2. The molecule has 8 heteroatoms. The number of hydrogen-bond donors (Lipinski definition) is 0. The van der Waals surface area contributed by atoms with Gasteiger partial charge in [0, 0.05) is 36.3 Å². The van der Waals surface area contributed by atoms with Gasteiger partial charge >= 0.3 is 5.97 Å². The first-order valence-corrected chi connectivity index (χ1v) is 12.1. The number of aryl methyl sites for hydroxylation is 1. The minimum absolute atomic E-state index is 0.157. The molecule has 3 heterocycles. The molecular formula is C27H30N2O6. The van der Waals surface area contributed by atoms with E-state index in [0.717, 1.165) is 53.6 Å². The van der Waals surface area contributed by atoms with Gasteiger partial charge < -0.3 is 28.3 Å². The second kappa shape index (κ2) is 10.3. The van der Waals surface area contributed by atoms with Crippen molar-refractivity contribution in [2.75, 3.05) is 38.0 Å². The Morgan fingerprint density at radius 1 is 1.17 bits per heavy atom. The van der Waals surface area contributed by atoms with E-state index in [4.69, 9.17) is 28.3 Å². The van der Waals surface area contributed by atoms with Crippen LogP contribution in [0.25, 0.3) is 11.5 Å². The van der Waals surface area contributed by atoms with Crippen LogP contribution in [0, 0.1) is 6.92 Å². The maximum absolute atomic E-state index is 11.8. The highest BCUT2D eigenvalue weighted by Crippen LogP contribution is 2.37. The first kappa shape index (κ1) is 23.1. The Morgan fingerprint density at radius 2 is 2.06 bits per heavy atom. The van der Waals surface area contributed by atoms with Crippen LogP contribution in [0.4, 0.5) is 5.69 Å². The SMILES string of the molecule is CCOC(=O)CCN1CCCc2c(OCCc3nc(-c4ccc5c(c4)OCO5)oc3C)cccc21. The lowest BCUT2D eigenvalue weighted by atomic mass is 10.0. The van der Waals surface area contributed by atoms with Crippen molar-refractivity contribution in [3.05, 3.63) is 53.4 Å². The molecule has 0 spiro atoms. The minimum Gasteiger partial charge on any atom is -0.493 e. The molecular weight excluding hydrogens is 448 g/mol. The number of carbonyl (C=O) groups is 1. The maximum Gasteiger partial charge on any atom is 0.307 e. The molecule has 0 bridgehead atoms. The summed E-state index contributed by atoms with van der Waals surface area (Å²) in [6, 6.07) is 11.8. The normalized spacial score (nSPS) is 14.1. The molecule has 0 unspecified atom stereocenters. The van der Waals surface area contributed by atoms with Gasteiger partial charge in [0.1, 0.15) is 11.5 Å². The number of carbonyl (C=O) groups excluding carboxylic acids is 1. The highest BCUT2D eigenvalue weighted by Gasteiger charge is 2.22. The molecule has 8 nitrogen and oxygen atoms in total. The zero-order valence-corrected chi connectivity index (χ0v) is 20.2. The summed E-state index contributed by atoms with van der Waals surface area (Å²) in [6.07, 6.45) is 3.00. The van der Waals surface area contributed by atoms with Crippen molar-refractivity contribution < 1.29 is 28.2 Å². The van der Waals surface area contributed by atoms with Crippen LogP contribution in [-0.4, -0.2) is 44.0 Å². The van der Waals surface area contributed by atoms with Gasteiger partial charge in [-0.3, -0.25) is 4.79 Å². The molecule has 5 rings (SSSR count). The van der Waals surface area contributed by atoms with E-state index >= 15 is 0 Å². The van der Waals surface area contributed by atoms with Crippen molar-refractivity contribution >= 4 is 11.7 Å². The zero-order valence-electron chi connectivity index (χ0n) is 20.2. The monoisotopic (exact) mass is 478 g/mol. The number of benzene rings is 2. The molecule has 0 atom stereocenters. The molecule has 2 aromatic carbocycles. The van der Waals surface area contributed by atoms with E-state index < -0.39 is 0 Å². The summed E-state index contributed by atoms with van der Waals surface area (Å²) in [5, 5.41) is 0. The molecule has 2 aliphatic heterocycles. The largest absolute Gasteiger partial charge is 0.493 e. The Balaban J connectivity index is 1.22. The van der Waals surface area contributed by atoms with Crippen molar-refractivity contribution in [2.45, 2.75) is 39.5 Å². The number of oxazole rings is 1. The molecule has 35 heavy (non-hydrogen) atoms. The topological polar surface area (TPSA) is 83.3 Å². The fraction of sp³-hybridized carbons (Fsp3) is 0.407. The fourth-order valence-electron chi connectivity index (χ4n) is 4.57. The summed E-state index contributed by atoms with van der Waals surface area (Å²) < 4.78 is 28.1. The average molecular weight is 479 g/mol. The maximum atomic E-state index is 11.8. The Kier molecular flexibility index (Phi) is 6.79. The van der Waals surface area contributed by atoms with E-state index in [2.05, 4.69) is 11.0 Å². The summed E-state index contributed by atoms with van der Waals surface area (Å²) in [7, 11) is 0. The summed E-state index contributed by atoms with van der Waals surface area (Å²) in [5.41, 5.74) is 4.06. The number of aromatic nitrogens is 1. The molecule has 0 aliphatic carbocycles. The van der Waals surface area contributed by atoms with Gasteiger partial charge in [0.15, 0.2) is 11.5 Å². The van der Waals surface area contributed by atoms with Crippen molar-refractivity contribution in [2.24, 2.45) is 0 Å². The third-order valence-electron chi connectivity index (χ3n) is 6.30. The highest BCUT2D eigenvalue weighted by molar-refractivity contribution is 5.71. The van der Waals surface area contributed by atoms with Crippen LogP contribution < -0.4 is 19.1 Å². The zero-order chi connectivity index (χ0) is 24.2. The van der Waals surface area contributed by atoms with Gasteiger partial charge in [-0.05, 0) is 57.0 Å². The Labute approximate surface area is 204 Å². The van der Waals surface area contributed by atoms with Crippen molar-refractivity contribution in [1.82, 2.24) is 4.98 Å². The molecule has 0 saturated heterocycles. The molecule has 0 N–H and O–H groups in total. The van der Waals surface area contributed by atoms with Crippen LogP contribution in [0.5, 0.6) is 17.2 Å². The lowest BCUT2D eigenvalue weighted by molar-refractivity contribution is -0.142. The number of fused-ring (bicyclic) bond motifs is 2. The highest BCUT2D eigenvalue weighted by atomic mass is 16.7. The van der Waals surface area contributed by atoms with E-state index in [0.29, 0.717) is 44.2 Å². The lowest BCUT2D eigenvalue weighted by Crippen LogP contribution is -2.32. The van der Waals surface area contributed by atoms with Gasteiger partial charge in [-0.25, -0.2) is 4.98 Å². The van der Waals surface area contributed by atoms with Gasteiger partial charge in [-0.2, -0.15) is 0 Å². The van der Waals surface area contributed by atoms with E-state index in [1.807, 2.05) is 44.2 Å². The van der Waals surface area contributed by atoms with Gasteiger partial charge in [-0.15, -0.1) is 0 Å². The third-order valence-corrected chi connectivity index (χ3v) is 6.30. The van der Waals surface area contributed by atoms with E-state index in [-0.39, 0.29) is 12.8 Å². The van der Waals surface area contributed by atoms with Gasteiger partial charge in [-0.1, -0.05) is 6.07 Å². The Morgan fingerprint density at radius 3 is 2.94 bits per heavy atom. The van der Waals surface area contributed by atoms with Crippen LogP contribution >= 0.6 is 0 Å². The van der Waals surface area contributed by atoms with Gasteiger partial charge in [0.25, 0.3) is 0 Å². The average Bonchev–Trinajstić information content (AvgIpc) is 3.49. The summed E-state index contributed by atoms with van der Waals surface area (Å²) >= 11 is 0. The van der Waals surface area contributed by atoms with Crippen molar-refractivity contribution in [3.8, 4) is 28.7 Å². The van der Waals surface area contributed by atoms with Crippen molar-refractivity contribution in [3.63, 3.8) is 0 Å². The van der Waals surface area contributed by atoms with Crippen LogP contribution in [0.1, 0.15) is 36.8 Å². The molecule has 1 aromatic heterocycles. The summed E-state index contributed by atoms with van der Waals surface area (Å²) in [5.74, 6) is 3.51. The smallest absolute Gasteiger partial charge is 0.307 e. The van der Waals surface area contributed by atoms with Gasteiger partial charge in [0.2, 0.25) is 12.7 Å². The van der Waals surface area contributed by atoms with E-state index in [1.165, 1.54) is 5.56 Å². The molecule has 2 aliphatic rings. The predicted octanol–water partition coefficient (Wildman–Crippen LogP) is 4.71. The predicted molar refractivity (Wildman–Crippen MR) is 130 cm³/mol. The number of rotatable bonds is 9. The number of hydrogen-bond acceptors (Lipinski definition) is 8. The van der Waals surface area contributed by atoms with Crippen LogP contribution in [0.3, 0.4) is 0 Å². The number of anilines is 1. The molecule has 0 fully saturated rings. The fourth-order valence-corrected chi connectivity index (χ4v) is 4.57. The summed E-state index contributed by atoms with van der Waals surface area (Å²) in [6.45, 7) is 6.47. The third kappa shape index (κ3) is 5.06.